The van der Waals surface area contributed by atoms with Crippen LogP contribution in [0.5, 0.6) is 0 Å². The first-order chi connectivity index (χ1) is 8.31. The van der Waals surface area contributed by atoms with E-state index in [1.165, 1.54) is 6.42 Å². The lowest BCUT2D eigenvalue weighted by molar-refractivity contribution is 0.593. The summed E-state index contributed by atoms with van der Waals surface area (Å²) in [5.41, 5.74) is 1.02. The van der Waals surface area contributed by atoms with E-state index in [0.717, 1.165) is 18.1 Å². The largest absolute Gasteiger partial charge is 0.382 e. The van der Waals surface area contributed by atoms with Crippen molar-refractivity contribution in [3.8, 4) is 5.82 Å². The van der Waals surface area contributed by atoms with E-state index >= 15 is 0 Å². The van der Waals surface area contributed by atoms with Gasteiger partial charge in [0.15, 0.2) is 5.82 Å². The van der Waals surface area contributed by atoms with Crippen LogP contribution in [0, 0.1) is 5.92 Å². The number of hydrogen-bond donors (Lipinski definition) is 1. The Bertz CT molecular complexity index is 450. The molecule has 0 fully saturated rings. The molecule has 4 nitrogen and oxygen atoms in total. The van der Waals surface area contributed by atoms with Crippen LogP contribution in [0.1, 0.15) is 20.3 Å². The van der Waals surface area contributed by atoms with Crippen LogP contribution in [-0.4, -0.2) is 21.3 Å². The Hall–Kier alpha value is -1.84. The third-order valence-corrected chi connectivity index (χ3v) is 2.85. The maximum Gasteiger partial charge on any atom is 0.176 e. The van der Waals surface area contributed by atoms with Gasteiger partial charge in [-0.15, -0.1) is 0 Å². The molecule has 0 aromatic carbocycles. The lowest BCUT2D eigenvalue weighted by Crippen LogP contribution is -2.13. The average molecular weight is 230 g/mol. The van der Waals surface area contributed by atoms with E-state index in [1.54, 1.807) is 17.1 Å². The first-order valence-corrected chi connectivity index (χ1v) is 6.00. The lowest BCUT2D eigenvalue weighted by Gasteiger charge is -2.13. The van der Waals surface area contributed by atoms with Crippen molar-refractivity contribution in [3.05, 3.63) is 36.8 Å². The van der Waals surface area contributed by atoms with Crippen LogP contribution in [0.25, 0.3) is 5.82 Å². The fourth-order valence-electron chi connectivity index (χ4n) is 1.54. The molecule has 0 spiro atoms. The van der Waals surface area contributed by atoms with Crippen LogP contribution in [0.4, 0.5) is 5.69 Å². The topological polar surface area (TPSA) is 42.7 Å². The van der Waals surface area contributed by atoms with Gasteiger partial charge in [0.05, 0.1) is 5.69 Å². The molecule has 1 unspecified atom stereocenters. The van der Waals surface area contributed by atoms with Crippen LogP contribution in [0.3, 0.4) is 0 Å². The Kier molecular flexibility index (Phi) is 3.75. The number of nitrogens with zero attached hydrogens (tertiary/aromatic N) is 3. The molecule has 0 aliphatic carbocycles. The summed E-state index contributed by atoms with van der Waals surface area (Å²) >= 11 is 0. The maximum absolute atomic E-state index is 4.36. The highest BCUT2D eigenvalue weighted by molar-refractivity contribution is 5.56. The van der Waals surface area contributed by atoms with Crippen LogP contribution in [-0.2, 0) is 0 Å². The third-order valence-electron chi connectivity index (χ3n) is 2.85. The monoisotopic (exact) mass is 230 g/mol. The highest BCUT2D eigenvalue weighted by Gasteiger charge is 2.06. The molecule has 0 aliphatic rings. The fourth-order valence-corrected chi connectivity index (χ4v) is 1.54. The quantitative estimate of drug-likeness (QED) is 0.858. The van der Waals surface area contributed by atoms with E-state index in [-0.39, 0.29) is 0 Å². The van der Waals surface area contributed by atoms with Crippen LogP contribution in [0.15, 0.2) is 36.8 Å². The van der Waals surface area contributed by atoms with Gasteiger partial charge in [-0.05, 0) is 24.1 Å². The predicted octanol–water partition coefficient (Wildman–Crippen LogP) is 2.73. The molecule has 17 heavy (non-hydrogen) atoms. The van der Waals surface area contributed by atoms with Gasteiger partial charge < -0.3 is 5.32 Å². The van der Waals surface area contributed by atoms with Crippen molar-refractivity contribution >= 4 is 5.69 Å². The van der Waals surface area contributed by atoms with Gasteiger partial charge in [0.1, 0.15) is 0 Å². The molecule has 4 heteroatoms. The van der Waals surface area contributed by atoms with E-state index < -0.39 is 0 Å². The van der Waals surface area contributed by atoms with Crippen molar-refractivity contribution in [1.82, 2.24) is 14.8 Å². The van der Waals surface area contributed by atoms with Crippen LogP contribution < -0.4 is 5.32 Å². The summed E-state index contributed by atoms with van der Waals surface area (Å²) in [4.78, 5) is 4.36. The molecule has 2 heterocycles. The highest BCUT2D eigenvalue weighted by Crippen LogP contribution is 2.16. The Balaban J connectivity index is 2.17. The molecule has 2 aromatic heterocycles. The molecule has 0 saturated carbocycles. The van der Waals surface area contributed by atoms with Crippen LogP contribution in [0.2, 0.25) is 0 Å². The minimum Gasteiger partial charge on any atom is -0.382 e. The molecule has 1 N–H and O–H groups in total. The van der Waals surface area contributed by atoms with E-state index in [9.17, 15) is 0 Å². The van der Waals surface area contributed by atoms with Gasteiger partial charge >= 0.3 is 0 Å². The molecule has 1 atom stereocenters. The van der Waals surface area contributed by atoms with Crippen molar-refractivity contribution in [2.45, 2.75) is 20.3 Å². The Labute approximate surface area is 102 Å². The summed E-state index contributed by atoms with van der Waals surface area (Å²) in [5.74, 6) is 1.50. The SMILES string of the molecule is CCC(C)CNc1cccnc1-n1cccn1. The summed E-state index contributed by atoms with van der Waals surface area (Å²) < 4.78 is 1.78. The second kappa shape index (κ2) is 5.48. The molecular weight excluding hydrogens is 212 g/mol. The smallest absolute Gasteiger partial charge is 0.176 e. The first kappa shape index (κ1) is 11.6. The summed E-state index contributed by atoms with van der Waals surface area (Å²) in [5, 5.41) is 7.64. The fraction of sp³-hybridized carbons (Fsp3) is 0.385. The van der Waals surface area contributed by atoms with Crippen molar-refractivity contribution < 1.29 is 0 Å². The number of hydrogen-bond acceptors (Lipinski definition) is 3. The van der Waals surface area contributed by atoms with E-state index in [1.807, 2.05) is 24.4 Å². The molecule has 2 aromatic rings. The first-order valence-electron chi connectivity index (χ1n) is 6.00. The van der Waals surface area contributed by atoms with Gasteiger partial charge in [-0.3, -0.25) is 0 Å². The Morgan fingerprint density at radius 2 is 2.24 bits per heavy atom. The minimum atomic E-state index is 0.653. The van der Waals surface area contributed by atoms with Crippen molar-refractivity contribution in [1.29, 1.82) is 0 Å². The standard InChI is InChI=1S/C13H18N4/c1-3-11(2)10-15-12-6-4-7-14-13(12)17-9-5-8-16-17/h4-9,11,15H,3,10H2,1-2H3. The zero-order chi connectivity index (χ0) is 12.1. The summed E-state index contributed by atoms with van der Waals surface area (Å²) in [7, 11) is 0. The van der Waals surface area contributed by atoms with Crippen molar-refractivity contribution in [2.24, 2.45) is 5.92 Å². The zero-order valence-corrected chi connectivity index (χ0v) is 10.3. The second-order valence-electron chi connectivity index (χ2n) is 4.22. The van der Waals surface area contributed by atoms with Gasteiger partial charge in [-0.1, -0.05) is 20.3 Å². The average Bonchev–Trinajstić information content (AvgIpc) is 2.90. The van der Waals surface area contributed by atoms with E-state index in [2.05, 4.69) is 29.2 Å². The molecule has 0 aliphatic heterocycles. The predicted molar refractivity (Wildman–Crippen MR) is 69.3 cm³/mol. The normalized spacial score (nSPS) is 12.4. The number of anilines is 1. The Morgan fingerprint density at radius 1 is 1.35 bits per heavy atom. The molecule has 0 bridgehead atoms. The molecule has 0 saturated heterocycles. The van der Waals surface area contributed by atoms with Gasteiger partial charge in [0, 0.05) is 25.1 Å². The summed E-state index contributed by atoms with van der Waals surface area (Å²) in [6.07, 6.45) is 6.61. The van der Waals surface area contributed by atoms with Gasteiger partial charge in [-0.25, -0.2) is 9.67 Å². The van der Waals surface area contributed by atoms with Gasteiger partial charge in [0.25, 0.3) is 0 Å². The minimum absolute atomic E-state index is 0.653. The van der Waals surface area contributed by atoms with E-state index in [0.29, 0.717) is 5.92 Å². The number of aromatic nitrogens is 3. The molecule has 0 radical (unpaired) electrons. The number of pyridine rings is 1. The number of nitrogens with one attached hydrogen (secondary N) is 1. The van der Waals surface area contributed by atoms with Crippen molar-refractivity contribution in [3.63, 3.8) is 0 Å². The second-order valence-corrected chi connectivity index (χ2v) is 4.22. The van der Waals surface area contributed by atoms with Crippen LogP contribution >= 0.6 is 0 Å². The van der Waals surface area contributed by atoms with Gasteiger partial charge in [-0.2, -0.15) is 5.10 Å². The van der Waals surface area contributed by atoms with E-state index in [4.69, 9.17) is 0 Å². The zero-order valence-electron chi connectivity index (χ0n) is 10.3. The Morgan fingerprint density at radius 3 is 2.94 bits per heavy atom. The maximum atomic E-state index is 4.36. The number of rotatable bonds is 5. The summed E-state index contributed by atoms with van der Waals surface area (Å²) in [6.45, 7) is 5.39. The highest BCUT2D eigenvalue weighted by atomic mass is 15.3. The van der Waals surface area contributed by atoms with Gasteiger partial charge in [0.2, 0.25) is 0 Å². The molecule has 90 valence electrons. The van der Waals surface area contributed by atoms with Crippen molar-refractivity contribution in [2.75, 3.05) is 11.9 Å². The molecule has 2 rings (SSSR count). The summed E-state index contributed by atoms with van der Waals surface area (Å²) in [6, 6.07) is 5.87. The lowest BCUT2D eigenvalue weighted by atomic mass is 10.1. The molecule has 0 amide bonds. The third kappa shape index (κ3) is 2.84. The molecular formula is C13H18N4.